The SMILES string of the molecule is CN1CC[C@@H]2Oc3ccccc3S(=O)(=O)N(Cc3cccnc3)[C@H]2CC1. The first-order chi connectivity index (χ1) is 12.6. The second-order valence-corrected chi connectivity index (χ2v) is 8.82. The molecular formula is C19H23N3O3S. The quantitative estimate of drug-likeness (QED) is 0.807. The number of pyridine rings is 1. The van der Waals surface area contributed by atoms with Gasteiger partial charge in [0.1, 0.15) is 16.7 Å². The van der Waals surface area contributed by atoms with Crippen LogP contribution in [-0.2, 0) is 16.6 Å². The predicted octanol–water partition coefficient (Wildman–Crippen LogP) is 2.13. The van der Waals surface area contributed by atoms with Gasteiger partial charge in [0.2, 0.25) is 10.0 Å². The van der Waals surface area contributed by atoms with E-state index in [-0.39, 0.29) is 17.0 Å². The van der Waals surface area contributed by atoms with Gasteiger partial charge < -0.3 is 9.64 Å². The molecule has 0 unspecified atom stereocenters. The van der Waals surface area contributed by atoms with Gasteiger partial charge in [0.15, 0.2) is 0 Å². The van der Waals surface area contributed by atoms with Crippen LogP contribution in [0.1, 0.15) is 18.4 Å². The number of hydrogen-bond donors (Lipinski definition) is 0. The number of para-hydroxylation sites is 1. The molecule has 1 aromatic heterocycles. The molecule has 1 saturated heterocycles. The molecule has 2 aliphatic heterocycles. The lowest BCUT2D eigenvalue weighted by Crippen LogP contribution is -2.46. The maximum atomic E-state index is 13.5. The fourth-order valence-corrected chi connectivity index (χ4v) is 5.55. The van der Waals surface area contributed by atoms with Crippen LogP contribution in [0.15, 0.2) is 53.7 Å². The molecule has 2 atom stereocenters. The van der Waals surface area contributed by atoms with E-state index in [2.05, 4.69) is 16.9 Å². The van der Waals surface area contributed by atoms with Gasteiger partial charge in [-0.3, -0.25) is 4.98 Å². The van der Waals surface area contributed by atoms with Crippen LogP contribution in [0.4, 0.5) is 0 Å². The molecule has 2 aliphatic rings. The molecule has 138 valence electrons. The first-order valence-electron chi connectivity index (χ1n) is 8.91. The molecule has 26 heavy (non-hydrogen) atoms. The number of aromatic nitrogens is 1. The molecule has 0 N–H and O–H groups in total. The standard InChI is InChI=1S/C19H23N3O3S/c1-21-11-8-16-17(9-12-21)25-18-6-2-3-7-19(18)26(23,24)22(16)14-15-5-4-10-20-13-15/h2-7,10,13,16-17H,8-9,11-12,14H2,1H3/t16-,17-/m0/s1. The van der Waals surface area contributed by atoms with Gasteiger partial charge in [-0.1, -0.05) is 18.2 Å². The number of rotatable bonds is 2. The van der Waals surface area contributed by atoms with Crippen LogP contribution in [0, 0.1) is 0 Å². The highest BCUT2D eigenvalue weighted by Gasteiger charge is 2.42. The lowest BCUT2D eigenvalue weighted by molar-refractivity contribution is 0.110. The first kappa shape index (κ1) is 17.5. The van der Waals surface area contributed by atoms with Crippen molar-refractivity contribution in [2.24, 2.45) is 0 Å². The third-order valence-corrected chi connectivity index (χ3v) is 7.09. The van der Waals surface area contributed by atoms with Crippen LogP contribution in [0.2, 0.25) is 0 Å². The summed E-state index contributed by atoms with van der Waals surface area (Å²) in [5.74, 6) is 0.459. The van der Waals surface area contributed by atoms with E-state index in [0.717, 1.165) is 31.5 Å². The minimum atomic E-state index is -3.66. The van der Waals surface area contributed by atoms with E-state index in [1.165, 1.54) is 0 Å². The third kappa shape index (κ3) is 3.22. The molecule has 0 amide bonds. The minimum absolute atomic E-state index is 0.157. The monoisotopic (exact) mass is 373 g/mol. The summed E-state index contributed by atoms with van der Waals surface area (Å²) in [6.45, 7) is 2.04. The van der Waals surface area contributed by atoms with Crippen LogP contribution in [0.5, 0.6) is 5.75 Å². The number of fused-ring (bicyclic) bond motifs is 2. The zero-order valence-electron chi connectivity index (χ0n) is 14.8. The van der Waals surface area contributed by atoms with Crippen LogP contribution in [0.25, 0.3) is 0 Å². The van der Waals surface area contributed by atoms with E-state index in [0.29, 0.717) is 12.3 Å². The fourth-order valence-electron chi connectivity index (χ4n) is 3.76. The maximum Gasteiger partial charge on any atom is 0.247 e. The highest BCUT2D eigenvalue weighted by Crippen LogP contribution is 2.37. The number of hydrogen-bond acceptors (Lipinski definition) is 5. The molecule has 7 heteroatoms. The summed E-state index contributed by atoms with van der Waals surface area (Å²) in [6.07, 6.45) is 4.81. The zero-order chi connectivity index (χ0) is 18.1. The van der Waals surface area contributed by atoms with E-state index in [4.69, 9.17) is 4.74 Å². The summed E-state index contributed by atoms with van der Waals surface area (Å²) in [5, 5.41) is 0. The van der Waals surface area contributed by atoms with E-state index in [1.807, 2.05) is 18.2 Å². The Bertz CT molecular complexity index is 873. The first-order valence-corrected chi connectivity index (χ1v) is 10.3. The van der Waals surface area contributed by atoms with Crippen LogP contribution >= 0.6 is 0 Å². The van der Waals surface area contributed by atoms with Crippen molar-refractivity contribution in [1.29, 1.82) is 0 Å². The Morgan fingerprint density at radius 3 is 2.77 bits per heavy atom. The topological polar surface area (TPSA) is 62.7 Å². The summed E-state index contributed by atoms with van der Waals surface area (Å²) in [7, 11) is -1.59. The van der Waals surface area contributed by atoms with Crippen LogP contribution in [0.3, 0.4) is 0 Å². The summed E-state index contributed by atoms with van der Waals surface area (Å²) < 4.78 is 34.8. The molecule has 0 bridgehead atoms. The fraction of sp³-hybridized carbons (Fsp3) is 0.421. The van der Waals surface area contributed by atoms with Crippen molar-refractivity contribution in [2.45, 2.75) is 36.4 Å². The summed E-state index contributed by atoms with van der Waals surface area (Å²) in [4.78, 5) is 6.63. The van der Waals surface area contributed by atoms with Gasteiger partial charge in [-0.2, -0.15) is 4.31 Å². The molecular weight excluding hydrogens is 350 g/mol. The minimum Gasteiger partial charge on any atom is -0.487 e. The van der Waals surface area contributed by atoms with Gasteiger partial charge in [-0.05, 0) is 50.2 Å². The van der Waals surface area contributed by atoms with Crippen molar-refractivity contribution in [2.75, 3.05) is 20.1 Å². The Hall–Kier alpha value is -1.96. The average molecular weight is 373 g/mol. The molecule has 4 rings (SSSR count). The summed E-state index contributed by atoms with van der Waals surface area (Å²) in [5.41, 5.74) is 0.881. The van der Waals surface area contributed by atoms with E-state index in [1.54, 1.807) is 34.9 Å². The lowest BCUT2D eigenvalue weighted by Gasteiger charge is -2.31. The van der Waals surface area contributed by atoms with Gasteiger partial charge in [0.05, 0.1) is 6.04 Å². The highest BCUT2D eigenvalue weighted by molar-refractivity contribution is 7.89. The maximum absolute atomic E-state index is 13.5. The molecule has 6 nitrogen and oxygen atoms in total. The smallest absolute Gasteiger partial charge is 0.247 e. The molecule has 0 radical (unpaired) electrons. The number of benzene rings is 1. The van der Waals surface area contributed by atoms with E-state index in [9.17, 15) is 8.42 Å². The second kappa shape index (κ2) is 6.98. The third-order valence-electron chi connectivity index (χ3n) is 5.18. The number of ether oxygens (including phenoxy) is 1. The number of sulfonamides is 1. The van der Waals surface area contributed by atoms with Gasteiger partial charge in [0, 0.05) is 25.5 Å². The van der Waals surface area contributed by atoms with E-state index < -0.39 is 10.0 Å². The molecule has 2 aromatic rings. The summed E-state index contributed by atoms with van der Waals surface area (Å²) in [6, 6.07) is 10.5. The summed E-state index contributed by atoms with van der Waals surface area (Å²) >= 11 is 0. The average Bonchev–Trinajstić information content (AvgIpc) is 2.87. The van der Waals surface area contributed by atoms with E-state index >= 15 is 0 Å². The van der Waals surface area contributed by atoms with Gasteiger partial charge >= 0.3 is 0 Å². The highest BCUT2D eigenvalue weighted by atomic mass is 32.2. The number of likely N-dealkylation sites (tertiary alicyclic amines) is 1. The Morgan fingerprint density at radius 2 is 1.96 bits per heavy atom. The Morgan fingerprint density at radius 1 is 1.15 bits per heavy atom. The van der Waals surface area contributed by atoms with Crippen LogP contribution in [-0.4, -0.2) is 54.9 Å². The zero-order valence-corrected chi connectivity index (χ0v) is 15.6. The van der Waals surface area contributed by atoms with Crippen molar-refractivity contribution >= 4 is 10.0 Å². The lowest BCUT2D eigenvalue weighted by atomic mass is 10.1. The predicted molar refractivity (Wildman–Crippen MR) is 98.3 cm³/mol. The molecule has 0 spiro atoms. The van der Waals surface area contributed by atoms with Gasteiger partial charge in [-0.25, -0.2) is 8.42 Å². The van der Waals surface area contributed by atoms with Crippen molar-refractivity contribution in [3.63, 3.8) is 0 Å². The molecule has 0 aliphatic carbocycles. The van der Waals surface area contributed by atoms with Crippen molar-refractivity contribution in [3.8, 4) is 5.75 Å². The van der Waals surface area contributed by atoms with Crippen LogP contribution < -0.4 is 4.74 Å². The normalized spacial score (nSPS) is 26.0. The van der Waals surface area contributed by atoms with Crippen molar-refractivity contribution in [3.05, 3.63) is 54.4 Å². The van der Waals surface area contributed by atoms with Crippen molar-refractivity contribution < 1.29 is 13.2 Å². The van der Waals surface area contributed by atoms with Gasteiger partial charge in [-0.15, -0.1) is 0 Å². The van der Waals surface area contributed by atoms with Gasteiger partial charge in [0.25, 0.3) is 0 Å². The molecule has 1 aromatic carbocycles. The second-order valence-electron chi connectivity index (χ2n) is 6.96. The Balaban J connectivity index is 1.80. The Labute approximate surface area is 154 Å². The van der Waals surface area contributed by atoms with Crippen molar-refractivity contribution in [1.82, 2.24) is 14.2 Å². The molecule has 0 saturated carbocycles. The number of nitrogens with zero attached hydrogens (tertiary/aromatic N) is 3. The Kier molecular flexibility index (Phi) is 4.69. The molecule has 1 fully saturated rings. The largest absolute Gasteiger partial charge is 0.487 e. The molecule has 3 heterocycles.